The van der Waals surface area contributed by atoms with Gasteiger partial charge in [0.1, 0.15) is 0 Å². The molecule has 0 aliphatic heterocycles. The van der Waals surface area contributed by atoms with Gasteiger partial charge in [0.25, 0.3) is 0 Å². The number of aryl methyl sites for hydroxylation is 1. The van der Waals surface area contributed by atoms with Crippen LogP contribution in [0.4, 0.5) is 5.69 Å². The molecule has 0 bridgehead atoms. The van der Waals surface area contributed by atoms with Crippen LogP contribution < -0.4 is 10.2 Å². The maximum atomic E-state index is 4.92. The second-order valence-corrected chi connectivity index (χ2v) is 10.6. The lowest BCUT2D eigenvalue weighted by atomic mass is 9.87. The van der Waals surface area contributed by atoms with Gasteiger partial charge < -0.3 is 10.2 Å². The van der Waals surface area contributed by atoms with Crippen LogP contribution >= 0.6 is 0 Å². The molecule has 0 spiro atoms. The molecule has 0 unspecified atom stereocenters. The first-order valence-corrected chi connectivity index (χ1v) is 12.0. The van der Waals surface area contributed by atoms with E-state index in [1.54, 1.807) is 0 Å². The average molecular weight is 443 g/mol. The van der Waals surface area contributed by atoms with Crippen molar-refractivity contribution in [3.8, 4) is 5.69 Å². The molecule has 0 radical (unpaired) electrons. The SMILES string of the molecule is Cc1nn(-c2ccc(C(C)(C)C)cc2)c(C)c1[C@@H]1C=C[C@@H](NCc2ccc(N(C)C)cc2)C1. The number of benzene rings is 2. The Balaban J connectivity index is 1.43. The Morgan fingerprint density at radius 2 is 1.64 bits per heavy atom. The van der Waals surface area contributed by atoms with Crippen LogP contribution in [-0.2, 0) is 12.0 Å². The number of nitrogens with one attached hydrogen (secondary N) is 1. The molecule has 0 saturated carbocycles. The van der Waals surface area contributed by atoms with Crippen molar-refractivity contribution in [1.29, 1.82) is 0 Å². The van der Waals surface area contributed by atoms with E-state index in [2.05, 4.69) is 124 Å². The standard InChI is InChI=1S/C29H38N4/c1-20-28(21(2)33(31-20)27-16-11-24(12-17-27)29(3,4)5)23-10-13-25(18-23)30-19-22-8-14-26(15-9-22)32(6)7/h8-17,23,25,30H,18-19H2,1-7H3/t23-,25-/m1/s1. The molecule has 4 nitrogen and oxygen atoms in total. The van der Waals surface area contributed by atoms with Gasteiger partial charge in [0.15, 0.2) is 0 Å². The zero-order valence-corrected chi connectivity index (χ0v) is 21.2. The lowest BCUT2D eigenvalue weighted by Crippen LogP contribution is -2.25. The molecule has 3 aromatic rings. The number of nitrogens with zero attached hydrogens (tertiary/aromatic N) is 3. The van der Waals surface area contributed by atoms with Crippen molar-refractivity contribution in [2.24, 2.45) is 0 Å². The number of rotatable bonds is 6. The predicted molar refractivity (Wildman–Crippen MR) is 140 cm³/mol. The zero-order valence-electron chi connectivity index (χ0n) is 21.2. The average Bonchev–Trinajstić information content (AvgIpc) is 3.35. The zero-order chi connectivity index (χ0) is 23.8. The summed E-state index contributed by atoms with van der Waals surface area (Å²) in [6.07, 6.45) is 5.76. The highest BCUT2D eigenvalue weighted by Gasteiger charge is 2.26. The Morgan fingerprint density at radius 1 is 0.970 bits per heavy atom. The van der Waals surface area contributed by atoms with E-state index in [-0.39, 0.29) is 5.41 Å². The monoisotopic (exact) mass is 442 g/mol. The van der Waals surface area contributed by atoms with Gasteiger partial charge in [0.05, 0.1) is 11.4 Å². The quantitative estimate of drug-likeness (QED) is 0.472. The number of hydrogen-bond donors (Lipinski definition) is 1. The van der Waals surface area contributed by atoms with E-state index in [4.69, 9.17) is 5.10 Å². The maximum absolute atomic E-state index is 4.92. The predicted octanol–water partition coefficient (Wildman–Crippen LogP) is 6.05. The highest BCUT2D eigenvalue weighted by molar-refractivity contribution is 5.46. The summed E-state index contributed by atoms with van der Waals surface area (Å²) in [5, 5.41) is 8.63. The minimum atomic E-state index is 0.157. The van der Waals surface area contributed by atoms with E-state index >= 15 is 0 Å². The van der Waals surface area contributed by atoms with Crippen molar-refractivity contribution in [2.45, 2.75) is 65.0 Å². The van der Waals surface area contributed by atoms with Gasteiger partial charge in [-0.15, -0.1) is 0 Å². The summed E-state index contributed by atoms with van der Waals surface area (Å²) >= 11 is 0. The van der Waals surface area contributed by atoms with Crippen LogP contribution in [0.1, 0.15) is 61.2 Å². The fourth-order valence-electron chi connectivity index (χ4n) is 4.77. The molecule has 0 fully saturated rings. The summed E-state index contributed by atoms with van der Waals surface area (Å²) in [5.74, 6) is 0.404. The molecule has 33 heavy (non-hydrogen) atoms. The smallest absolute Gasteiger partial charge is 0.0649 e. The summed E-state index contributed by atoms with van der Waals surface area (Å²) in [4.78, 5) is 2.13. The number of hydrogen-bond acceptors (Lipinski definition) is 3. The Morgan fingerprint density at radius 3 is 2.24 bits per heavy atom. The molecule has 1 N–H and O–H groups in total. The molecule has 1 heterocycles. The van der Waals surface area contributed by atoms with Gasteiger partial charge in [0, 0.05) is 49.5 Å². The lowest BCUT2D eigenvalue weighted by molar-refractivity contribution is 0.559. The fraction of sp³-hybridized carbons (Fsp3) is 0.414. The van der Waals surface area contributed by atoms with Crippen molar-refractivity contribution in [2.75, 3.05) is 19.0 Å². The molecule has 4 rings (SSSR count). The van der Waals surface area contributed by atoms with Crippen LogP contribution in [0.25, 0.3) is 5.69 Å². The van der Waals surface area contributed by atoms with Crippen LogP contribution in [0.5, 0.6) is 0 Å². The Kier molecular flexibility index (Phi) is 6.49. The largest absolute Gasteiger partial charge is 0.378 e. The van der Waals surface area contributed by atoms with E-state index in [0.29, 0.717) is 12.0 Å². The molecule has 1 aliphatic rings. The van der Waals surface area contributed by atoms with E-state index in [9.17, 15) is 0 Å². The van der Waals surface area contributed by atoms with Crippen LogP contribution in [0.2, 0.25) is 0 Å². The lowest BCUT2D eigenvalue weighted by Gasteiger charge is -2.19. The van der Waals surface area contributed by atoms with Gasteiger partial charge in [-0.2, -0.15) is 5.10 Å². The van der Waals surface area contributed by atoms with Gasteiger partial charge in [-0.3, -0.25) is 0 Å². The second-order valence-electron chi connectivity index (χ2n) is 10.6. The first kappa shape index (κ1) is 23.3. The number of allylic oxidation sites excluding steroid dienone is 1. The Labute approximate surface area is 199 Å². The molecule has 0 saturated heterocycles. The van der Waals surface area contributed by atoms with E-state index < -0.39 is 0 Å². The molecule has 174 valence electrons. The molecule has 2 aromatic carbocycles. The van der Waals surface area contributed by atoms with Crippen molar-refractivity contribution in [1.82, 2.24) is 15.1 Å². The number of aromatic nitrogens is 2. The second kappa shape index (κ2) is 9.18. The first-order chi connectivity index (χ1) is 15.6. The molecular weight excluding hydrogens is 404 g/mol. The van der Waals surface area contributed by atoms with Gasteiger partial charge >= 0.3 is 0 Å². The third-order valence-corrected chi connectivity index (χ3v) is 6.80. The van der Waals surface area contributed by atoms with E-state index in [0.717, 1.165) is 24.3 Å². The highest BCUT2D eigenvalue weighted by atomic mass is 15.3. The van der Waals surface area contributed by atoms with Crippen molar-refractivity contribution in [3.63, 3.8) is 0 Å². The summed E-state index contributed by atoms with van der Waals surface area (Å²) in [6.45, 7) is 12.0. The van der Waals surface area contributed by atoms with E-state index in [1.807, 2.05) is 0 Å². The summed E-state index contributed by atoms with van der Waals surface area (Å²) in [5.41, 5.74) is 8.92. The summed E-state index contributed by atoms with van der Waals surface area (Å²) in [6, 6.07) is 18.0. The van der Waals surface area contributed by atoms with Crippen LogP contribution in [0.15, 0.2) is 60.7 Å². The van der Waals surface area contributed by atoms with Gasteiger partial charge in [0.2, 0.25) is 0 Å². The fourth-order valence-corrected chi connectivity index (χ4v) is 4.77. The molecule has 4 heteroatoms. The number of anilines is 1. The molecule has 0 amide bonds. The molecule has 1 aromatic heterocycles. The topological polar surface area (TPSA) is 33.1 Å². The van der Waals surface area contributed by atoms with Gasteiger partial charge in [-0.1, -0.05) is 57.2 Å². The molecular formula is C29H38N4. The molecule has 1 aliphatic carbocycles. The third kappa shape index (κ3) is 5.06. The van der Waals surface area contributed by atoms with E-state index in [1.165, 1.54) is 28.1 Å². The summed E-state index contributed by atoms with van der Waals surface area (Å²) in [7, 11) is 4.15. The minimum Gasteiger partial charge on any atom is -0.378 e. The molecule has 2 atom stereocenters. The maximum Gasteiger partial charge on any atom is 0.0649 e. The van der Waals surface area contributed by atoms with Crippen molar-refractivity contribution in [3.05, 3.63) is 88.8 Å². The first-order valence-electron chi connectivity index (χ1n) is 12.0. The van der Waals surface area contributed by atoms with Crippen molar-refractivity contribution < 1.29 is 0 Å². The van der Waals surface area contributed by atoms with Crippen LogP contribution in [0.3, 0.4) is 0 Å². The van der Waals surface area contributed by atoms with Gasteiger partial charge in [-0.05, 0) is 61.1 Å². The summed E-state index contributed by atoms with van der Waals surface area (Å²) < 4.78 is 2.11. The van der Waals surface area contributed by atoms with Crippen molar-refractivity contribution >= 4 is 5.69 Å². The third-order valence-electron chi connectivity index (χ3n) is 6.80. The normalized spacial score (nSPS) is 18.2. The Hall–Kier alpha value is -2.85. The Bertz CT molecular complexity index is 1110. The minimum absolute atomic E-state index is 0.157. The van der Waals surface area contributed by atoms with Crippen LogP contribution in [0, 0.1) is 13.8 Å². The highest BCUT2D eigenvalue weighted by Crippen LogP contribution is 2.34. The van der Waals surface area contributed by atoms with Crippen LogP contribution in [-0.4, -0.2) is 29.9 Å². The van der Waals surface area contributed by atoms with Gasteiger partial charge in [-0.25, -0.2) is 4.68 Å².